The van der Waals surface area contributed by atoms with Crippen LogP contribution in [0, 0.1) is 6.92 Å². The maximum absolute atomic E-state index is 12.0. The third-order valence-electron chi connectivity index (χ3n) is 3.16. The van der Waals surface area contributed by atoms with Crippen LogP contribution in [0.15, 0.2) is 17.5 Å². The van der Waals surface area contributed by atoms with Crippen LogP contribution in [0.5, 0.6) is 0 Å². The fourth-order valence-electron chi connectivity index (χ4n) is 1.89. The van der Waals surface area contributed by atoms with Gasteiger partial charge in [0.25, 0.3) is 0 Å². The highest BCUT2D eigenvalue weighted by molar-refractivity contribution is 7.09. The van der Waals surface area contributed by atoms with Gasteiger partial charge >= 0.3 is 5.97 Å². The zero-order valence-corrected chi connectivity index (χ0v) is 13.0. The molecule has 0 aliphatic rings. The molecule has 2 aromatic heterocycles. The molecule has 2 heterocycles. The average Bonchev–Trinajstić information content (AvgIpc) is 3.08. The Morgan fingerprint density at radius 1 is 1.48 bits per heavy atom. The normalized spacial score (nSPS) is 10.4. The van der Waals surface area contributed by atoms with E-state index >= 15 is 0 Å². The summed E-state index contributed by atoms with van der Waals surface area (Å²) in [4.78, 5) is 24.9. The van der Waals surface area contributed by atoms with Gasteiger partial charge in [0.15, 0.2) is 5.69 Å². The zero-order chi connectivity index (χ0) is 15.4. The van der Waals surface area contributed by atoms with Crippen LogP contribution >= 0.6 is 11.3 Å². The van der Waals surface area contributed by atoms with Crippen molar-refractivity contribution in [1.82, 2.24) is 9.78 Å². The molecule has 0 fully saturated rings. The van der Waals surface area contributed by atoms with Crippen LogP contribution in [-0.2, 0) is 23.0 Å². The Kier molecular flexibility index (Phi) is 4.74. The van der Waals surface area contributed by atoms with Crippen LogP contribution in [0.25, 0.3) is 0 Å². The molecular formula is C14H17N3O3S. The second-order valence-electron chi connectivity index (χ2n) is 4.55. The van der Waals surface area contributed by atoms with Crippen LogP contribution < -0.4 is 5.32 Å². The molecule has 0 unspecified atom stereocenters. The molecule has 1 amide bonds. The summed E-state index contributed by atoms with van der Waals surface area (Å²) in [6, 6.07) is 3.95. The number of nitrogens with zero attached hydrogens (tertiary/aromatic N) is 2. The number of aryl methyl sites for hydroxylation is 2. The number of methoxy groups -OCH3 is 1. The molecule has 2 rings (SSSR count). The molecule has 0 bridgehead atoms. The van der Waals surface area contributed by atoms with Crippen LogP contribution in [0.4, 0.5) is 5.69 Å². The minimum absolute atomic E-state index is 0.127. The number of esters is 1. The standard InChI is InChI=1S/C14H17N3O3S/c1-9-12(13(14(19)20-3)16-17(9)2)15-11(18)7-6-10-5-4-8-21-10/h4-5,8H,6-7H2,1-3H3,(H,15,18). The predicted octanol–water partition coefficient (Wildman–Crippen LogP) is 2.15. The number of nitrogens with one attached hydrogen (secondary N) is 1. The molecule has 0 spiro atoms. The zero-order valence-electron chi connectivity index (χ0n) is 12.2. The van der Waals surface area contributed by atoms with Gasteiger partial charge in [0.1, 0.15) is 0 Å². The second-order valence-corrected chi connectivity index (χ2v) is 5.58. The van der Waals surface area contributed by atoms with Crippen LogP contribution in [-0.4, -0.2) is 28.8 Å². The van der Waals surface area contributed by atoms with Crippen molar-refractivity contribution >= 4 is 28.9 Å². The van der Waals surface area contributed by atoms with E-state index in [0.717, 1.165) is 4.88 Å². The molecule has 2 aromatic rings. The lowest BCUT2D eigenvalue weighted by Gasteiger charge is -2.06. The van der Waals surface area contributed by atoms with E-state index in [1.807, 2.05) is 17.5 Å². The Bertz CT molecular complexity index is 647. The summed E-state index contributed by atoms with van der Waals surface area (Å²) >= 11 is 1.62. The van der Waals surface area contributed by atoms with Gasteiger partial charge in [-0.15, -0.1) is 11.3 Å². The Balaban J connectivity index is 2.07. The van der Waals surface area contributed by atoms with Crippen molar-refractivity contribution in [2.24, 2.45) is 7.05 Å². The first-order valence-electron chi connectivity index (χ1n) is 6.47. The highest BCUT2D eigenvalue weighted by Crippen LogP contribution is 2.21. The van der Waals surface area contributed by atoms with Gasteiger partial charge < -0.3 is 10.1 Å². The number of carbonyl (C=O) groups excluding carboxylic acids is 2. The maximum atomic E-state index is 12.0. The fourth-order valence-corrected chi connectivity index (χ4v) is 2.60. The molecule has 0 atom stereocenters. The molecule has 6 nitrogen and oxygen atoms in total. The number of hydrogen-bond donors (Lipinski definition) is 1. The summed E-state index contributed by atoms with van der Waals surface area (Å²) in [7, 11) is 3.00. The number of carbonyl (C=O) groups is 2. The largest absolute Gasteiger partial charge is 0.464 e. The van der Waals surface area contributed by atoms with Gasteiger partial charge in [0.2, 0.25) is 5.91 Å². The molecule has 0 saturated heterocycles. The van der Waals surface area contributed by atoms with Gasteiger partial charge in [-0.2, -0.15) is 5.10 Å². The molecule has 0 aliphatic heterocycles. The molecule has 0 radical (unpaired) electrons. The number of hydrogen-bond acceptors (Lipinski definition) is 5. The molecule has 7 heteroatoms. The third-order valence-corrected chi connectivity index (χ3v) is 4.09. The molecule has 0 saturated carbocycles. The van der Waals surface area contributed by atoms with Crippen molar-refractivity contribution in [3.05, 3.63) is 33.8 Å². The van der Waals surface area contributed by atoms with E-state index in [-0.39, 0.29) is 11.6 Å². The SMILES string of the molecule is COC(=O)c1nn(C)c(C)c1NC(=O)CCc1cccs1. The van der Waals surface area contributed by atoms with E-state index < -0.39 is 5.97 Å². The molecular weight excluding hydrogens is 290 g/mol. The topological polar surface area (TPSA) is 73.2 Å². The van der Waals surface area contributed by atoms with Gasteiger partial charge in [0, 0.05) is 18.3 Å². The highest BCUT2D eigenvalue weighted by Gasteiger charge is 2.21. The minimum Gasteiger partial charge on any atom is -0.464 e. The Morgan fingerprint density at radius 2 is 2.24 bits per heavy atom. The van der Waals surface area contributed by atoms with Gasteiger partial charge in [0.05, 0.1) is 18.5 Å². The summed E-state index contributed by atoms with van der Waals surface area (Å²) < 4.78 is 6.22. The van der Waals surface area contributed by atoms with E-state index in [0.29, 0.717) is 24.2 Å². The van der Waals surface area contributed by atoms with Crippen molar-refractivity contribution in [1.29, 1.82) is 0 Å². The van der Waals surface area contributed by atoms with Gasteiger partial charge in [-0.05, 0) is 24.8 Å². The monoisotopic (exact) mass is 307 g/mol. The Labute approximate surface area is 126 Å². The second kappa shape index (κ2) is 6.53. The Hall–Kier alpha value is -2.15. The van der Waals surface area contributed by atoms with Gasteiger partial charge in [-0.25, -0.2) is 4.79 Å². The lowest BCUT2D eigenvalue weighted by Crippen LogP contribution is -2.15. The number of thiophene rings is 1. The minimum atomic E-state index is -0.563. The van der Waals surface area contributed by atoms with Crippen molar-refractivity contribution in [3.63, 3.8) is 0 Å². The van der Waals surface area contributed by atoms with Crippen molar-refractivity contribution < 1.29 is 14.3 Å². The number of ether oxygens (including phenoxy) is 1. The van der Waals surface area contributed by atoms with Crippen LogP contribution in [0.3, 0.4) is 0 Å². The average molecular weight is 307 g/mol. The Morgan fingerprint density at radius 3 is 2.86 bits per heavy atom. The van der Waals surface area contributed by atoms with E-state index in [9.17, 15) is 9.59 Å². The first kappa shape index (κ1) is 15.2. The molecule has 112 valence electrons. The van der Waals surface area contributed by atoms with Crippen molar-refractivity contribution in [2.45, 2.75) is 19.8 Å². The number of rotatable bonds is 5. The van der Waals surface area contributed by atoms with E-state index in [1.54, 1.807) is 30.0 Å². The summed E-state index contributed by atoms with van der Waals surface area (Å²) in [6.07, 6.45) is 1.03. The van der Waals surface area contributed by atoms with Crippen molar-refractivity contribution in [3.8, 4) is 0 Å². The van der Waals surface area contributed by atoms with Crippen LogP contribution in [0.1, 0.15) is 27.5 Å². The first-order chi connectivity index (χ1) is 10.0. The molecule has 21 heavy (non-hydrogen) atoms. The van der Waals surface area contributed by atoms with Crippen molar-refractivity contribution in [2.75, 3.05) is 12.4 Å². The number of aromatic nitrogens is 2. The summed E-state index contributed by atoms with van der Waals surface area (Å²) in [5.74, 6) is -0.711. The lowest BCUT2D eigenvalue weighted by atomic mass is 10.2. The molecule has 0 aromatic carbocycles. The summed E-state index contributed by atoms with van der Waals surface area (Å²) in [5, 5.41) is 8.81. The summed E-state index contributed by atoms with van der Waals surface area (Å²) in [6.45, 7) is 1.79. The first-order valence-corrected chi connectivity index (χ1v) is 7.35. The fraction of sp³-hybridized carbons (Fsp3) is 0.357. The number of amides is 1. The summed E-state index contributed by atoms with van der Waals surface area (Å²) in [5.41, 5.74) is 1.25. The van der Waals surface area contributed by atoms with E-state index in [4.69, 9.17) is 0 Å². The number of anilines is 1. The molecule has 1 N–H and O–H groups in total. The molecule has 0 aliphatic carbocycles. The van der Waals surface area contributed by atoms with E-state index in [1.165, 1.54) is 7.11 Å². The predicted molar refractivity (Wildman–Crippen MR) is 80.6 cm³/mol. The van der Waals surface area contributed by atoms with Crippen LogP contribution in [0.2, 0.25) is 0 Å². The highest BCUT2D eigenvalue weighted by atomic mass is 32.1. The maximum Gasteiger partial charge on any atom is 0.360 e. The third kappa shape index (κ3) is 3.49. The van der Waals surface area contributed by atoms with Gasteiger partial charge in [-0.1, -0.05) is 6.07 Å². The lowest BCUT2D eigenvalue weighted by molar-refractivity contribution is -0.116. The van der Waals surface area contributed by atoms with E-state index in [2.05, 4.69) is 15.2 Å². The van der Waals surface area contributed by atoms with Gasteiger partial charge in [-0.3, -0.25) is 9.48 Å². The smallest absolute Gasteiger partial charge is 0.360 e. The quantitative estimate of drug-likeness (QED) is 0.859.